The van der Waals surface area contributed by atoms with Crippen LogP contribution in [-0.2, 0) is 0 Å². The zero-order valence-corrected chi connectivity index (χ0v) is 12.4. The Hall–Kier alpha value is -2.57. The summed E-state index contributed by atoms with van der Waals surface area (Å²) in [6, 6.07) is 11.6. The third-order valence-electron chi connectivity index (χ3n) is 3.51. The van der Waals surface area contributed by atoms with Gasteiger partial charge in [0.25, 0.3) is 0 Å². The Labute approximate surface area is 131 Å². The molecule has 0 bridgehead atoms. The lowest BCUT2D eigenvalue weighted by atomic mass is 10.2. The molecule has 0 radical (unpaired) electrons. The standard InChI is InChI=1S/C16H13N5S/c17-16(14-4-2-8-22-14)12-5-6-15-19-10-13(21(15)20-12)11-3-1-7-18-9-11/h1-10,16H,17H2. The van der Waals surface area contributed by atoms with Crippen LogP contribution >= 0.6 is 11.3 Å². The summed E-state index contributed by atoms with van der Waals surface area (Å²) in [6.07, 6.45) is 5.36. The second-order valence-corrected chi connectivity index (χ2v) is 5.89. The lowest BCUT2D eigenvalue weighted by Gasteiger charge is -2.10. The Morgan fingerprint density at radius 3 is 2.82 bits per heavy atom. The van der Waals surface area contributed by atoms with Crippen molar-refractivity contribution < 1.29 is 0 Å². The van der Waals surface area contributed by atoms with Crippen LogP contribution in [-0.4, -0.2) is 19.6 Å². The van der Waals surface area contributed by atoms with E-state index in [-0.39, 0.29) is 6.04 Å². The molecule has 22 heavy (non-hydrogen) atoms. The van der Waals surface area contributed by atoms with E-state index in [9.17, 15) is 0 Å². The van der Waals surface area contributed by atoms with Crippen LogP contribution in [0.1, 0.15) is 16.6 Å². The van der Waals surface area contributed by atoms with E-state index >= 15 is 0 Å². The minimum Gasteiger partial charge on any atom is -0.318 e. The highest BCUT2D eigenvalue weighted by atomic mass is 32.1. The van der Waals surface area contributed by atoms with Gasteiger partial charge in [-0.25, -0.2) is 9.50 Å². The van der Waals surface area contributed by atoms with E-state index in [0.717, 1.165) is 27.5 Å². The molecule has 0 aliphatic carbocycles. The van der Waals surface area contributed by atoms with Crippen LogP contribution in [0.2, 0.25) is 0 Å². The van der Waals surface area contributed by atoms with Crippen molar-refractivity contribution in [2.75, 3.05) is 0 Å². The number of imidazole rings is 1. The molecule has 0 aliphatic heterocycles. The van der Waals surface area contributed by atoms with E-state index in [2.05, 4.69) is 15.1 Å². The third kappa shape index (κ3) is 2.18. The van der Waals surface area contributed by atoms with Crippen molar-refractivity contribution in [3.63, 3.8) is 0 Å². The first-order valence-electron chi connectivity index (χ1n) is 6.87. The fourth-order valence-corrected chi connectivity index (χ4v) is 3.12. The topological polar surface area (TPSA) is 69.1 Å². The molecule has 4 heterocycles. The fraction of sp³-hybridized carbons (Fsp3) is 0.0625. The van der Waals surface area contributed by atoms with Gasteiger partial charge in [0.05, 0.1) is 23.6 Å². The normalized spacial score (nSPS) is 12.6. The fourth-order valence-electron chi connectivity index (χ4n) is 2.38. The van der Waals surface area contributed by atoms with E-state index in [4.69, 9.17) is 5.73 Å². The molecule has 0 aromatic carbocycles. The Morgan fingerprint density at radius 1 is 1.09 bits per heavy atom. The number of nitrogens with zero attached hydrogens (tertiary/aromatic N) is 4. The average molecular weight is 307 g/mol. The summed E-state index contributed by atoms with van der Waals surface area (Å²) in [6.45, 7) is 0. The molecule has 0 saturated carbocycles. The van der Waals surface area contributed by atoms with Crippen LogP contribution in [0, 0.1) is 0 Å². The lowest BCUT2D eigenvalue weighted by molar-refractivity contribution is 0.782. The van der Waals surface area contributed by atoms with Crippen LogP contribution in [0.3, 0.4) is 0 Å². The molecule has 0 saturated heterocycles. The Bertz CT molecular complexity index is 899. The van der Waals surface area contributed by atoms with Crippen molar-refractivity contribution in [2.24, 2.45) is 5.73 Å². The van der Waals surface area contributed by atoms with Crippen molar-refractivity contribution in [1.82, 2.24) is 19.6 Å². The molecule has 5 nitrogen and oxygen atoms in total. The minimum absolute atomic E-state index is 0.228. The van der Waals surface area contributed by atoms with Crippen LogP contribution in [0.25, 0.3) is 16.9 Å². The number of fused-ring (bicyclic) bond motifs is 1. The smallest absolute Gasteiger partial charge is 0.154 e. The summed E-state index contributed by atoms with van der Waals surface area (Å²) in [7, 11) is 0. The molecule has 4 aromatic heterocycles. The first-order chi connectivity index (χ1) is 10.8. The van der Waals surface area contributed by atoms with Gasteiger partial charge >= 0.3 is 0 Å². The molecular formula is C16H13N5S. The maximum absolute atomic E-state index is 6.31. The van der Waals surface area contributed by atoms with E-state index in [0.29, 0.717) is 0 Å². The van der Waals surface area contributed by atoms with Gasteiger partial charge in [-0.1, -0.05) is 6.07 Å². The van der Waals surface area contributed by atoms with Crippen molar-refractivity contribution >= 4 is 17.0 Å². The first-order valence-corrected chi connectivity index (χ1v) is 7.75. The minimum atomic E-state index is -0.228. The van der Waals surface area contributed by atoms with Crippen LogP contribution in [0.4, 0.5) is 0 Å². The van der Waals surface area contributed by atoms with Crippen molar-refractivity contribution in [3.05, 3.63) is 70.9 Å². The zero-order chi connectivity index (χ0) is 14.9. The molecule has 2 N–H and O–H groups in total. The first kappa shape index (κ1) is 13.1. The maximum atomic E-state index is 6.31. The molecule has 1 atom stereocenters. The number of rotatable bonds is 3. The molecule has 0 aliphatic rings. The second-order valence-electron chi connectivity index (χ2n) is 4.91. The van der Waals surface area contributed by atoms with E-state index < -0.39 is 0 Å². The molecule has 4 rings (SSSR count). The van der Waals surface area contributed by atoms with Gasteiger partial charge in [0.2, 0.25) is 0 Å². The monoisotopic (exact) mass is 307 g/mol. The Morgan fingerprint density at radius 2 is 2.05 bits per heavy atom. The molecule has 0 spiro atoms. The third-order valence-corrected chi connectivity index (χ3v) is 4.46. The molecule has 0 fully saturated rings. The second kappa shape index (κ2) is 5.32. The summed E-state index contributed by atoms with van der Waals surface area (Å²) in [5.74, 6) is 0. The quantitative estimate of drug-likeness (QED) is 0.632. The van der Waals surface area contributed by atoms with Gasteiger partial charge in [0.15, 0.2) is 5.65 Å². The average Bonchev–Trinajstić information content (AvgIpc) is 3.24. The van der Waals surface area contributed by atoms with E-state index in [1.54, 1.807) is 29.9 Å². The maximum Gasteiger partial charge on any atom is 0.154 e. The number of pyridine rings is 1. The van der Waals surface area contributed by atoms with Crippen molar-refractivity contribution in [3.8, 4) is 11.3 Å². The SMILES string of the molecule is NC(c1ccc2ncc(-c3cccnc3)n2n1)c1cccs1. The number of hydrogen-bond donors (Lipinski definition) is 1. The van der Waals surface area contributed by atoms with Gasteiger partial charge in [-0.3, -0.25) is 4.98 Å². The highest BCUT2D eigenvalue weighted by Crippen LogP contribution is 2.24. The van der Waals surface area contributed by atoms with Crippen LogP contribution < -0.4 is 5.73 Å². The predicted octanol–water partition coefficient (Wildman–Crippen LogP) is 2.90. The number of nitrogens with two attached hydrogens (primary N) is 1. The van der Waals surface area contributed by atoms with Gasteiger partial charge in [0.1, 0.15) is 0 Å². The number of aromatic nitrogens is 4. The molecule has 108 valence electrons. The summed E-state index contributed by atoms with van der Waals surface area (Å²) in [5.41, 5.74) is 9.80. The highest BCUT2D eigenvalue weighted by Gasteiger charge is 2.14. The summed E-state index contributed by atoms with van der Waals surface area (Å²) < 4.78 is 1.82. The van der Waals surface area contributed by atoms with Crippen molar-refractivity contribution in [2.45, 2.75) is 6.04 Å². The largest absolute Gasteiger partial charge is 0.318 e. The van der Waals surface area contributed by atoms with Crippen LogP contribution in [0.5, 0.6) is 0 Å². The summed E-state index contributed by atoms with van der Waals surface area (Å²) in [5, 5.41) is 6.70. The molecule has 4 aromatic rings. The van der Waals surface area contributed by atoms with E-state index in [1.807, 2.05) is 46.3 Å². The molecule has 1 unspecified atom stereocenters. The molecule has 6 heteroatoms. The van der Waals surface area contributed by atoms with Crippen LogP contribution in [0.15, 0.2) is 60.4 Å². The summed E-state index contributed by atoms with van der Waals surface area (Å²) in [4.78, 5) is 9.64. The molecular weight excluding hydrogens is 294 g/mol. The zero-order valence-electron chi connectivity index (χ0n) is 11.6. The highest BCUT2D eigenvalue weighted by molar-refractivity contribution is 7.10. The van der Waals surface area contributed by atoms with Gasteiger partial charge in [-0.2, -0.15) is 5.10 Å². The van der Waals surface area contributed by atoms with Gasteiger partial charge in [-0.05, 0) is 35.7 Å². The van der Waals surface area contributed by atoms with Crippen molar-refractivity contribution in [1.29, 1.82) is 0 Å². The van der Waals surface area contributed by atoms with Gasteiger partial charge in [-0.15, -0.1) is 11.3 Å². The van der Waals surface area contributed by atoms with E-state index in [1.165, 1.54) is 0 Å². The predicted molar refractivity (Wildman–Crippen MR) is 86.6 cm³/mol. The molecule has 0 amide bonds. The summed E-state index contributed by atoms with van der Waals surface area (Å²) >= 11 is 1.63. The van der Waals surface area contributed by atoms with Gasteiger partial charge in [0, 0.05) is 22.8 Å². The van der Waals surface area contributed by atoms with Gasteiger partial charge < -0.3 is 5.73 Å². The Kier molecular flexibility index (Phi) is 3.17. The Balaban J connectivity index is 1.83. The lowest BCUT2D eigenvalue weighted by Crippen LogP contribution is -2.14. The number of thiophene rings is 1. The number of hydrogen-bond acceptors (Lipinski definition) is 5.